The van der Waals surface area contributed by atoms with E-state index in [2.05, 4.69) is 15.3 Å². The maximum Gasteiger partial charge on any atom is 0.251 e. The molecule has 7 heteroatoms. The summed E-state index contributed by atoms with van der Waals surface area (Å²) in [5.74, 6) is -0.115. The van der Waals surface area contributed by atoms with Gasteiger partial charge in [0.2, 0.25) is 5.91 Å². The SMILES string of the molecule is CCC(Sc1nc(COC)cc(=O)[nH]1)C(=O)Nc1ccc(C)c(C)c1. The Labute approximate surface area is 151 Å². The zero-order valence-corrected chi connectivity index (χ0v) is 15.7. The fraction of sp³-hybridized carbons (Fsp3) is 0.389. The molecule has 0 spiro atoms. The van der Waals surface area contributed by atoms with E-state index in [4.69, 9.17) is 4.74 Å². The van der Waals surface area contributed by atoms with Gasteiger partial charge in [-0.3, -0.25) is 9.59 Å². The first-order chi connectivity index (χ1) is 11.9. The molecule has 134 valence electrons. The topological polar surface area (TPSA) is 84.1 Å². The number of aromatic amines is 1. The standard InChI is InChI=1S/C18H23N3O3S/c1-5-15(17(23)19-13-7-6-11(2)12(3)8-13)25-18-20-14(10-24-4)9-16(22)21-18/h6-9,15H,5,10H2,1-4H3,(H,19,23)(H,20,21,22). The Morgan fingerprint density at radius 3 is 2.72 bits per heavy atom. The number of amides is 1. The molecule has 2 aromatic rings. The van der Waals surface area contributed by atoms with E-state index < -0.39 is 0 Å². The molecule has 0 saturated carbocycles. The molecule has 0 aliphatic carbocycles. The number of nitrogens with one attached hydrogen (secondary N) is 2. The monoisotopic (exact) mass is 361 g/mol. The minimum Gasteiger partial charge on any atom is -0.378 e. The fourth-order valence-electron chi connectivity index (χ4n) is 2.26. The molecule has 1 aromatic carbocycles. The minimum atomic E-state index is -0.359. The summed E-state index contributed by atoms with van der Waals surface area (Å²) in [7, 11) is 1.54. The van der Waals surface area contributed by atoms with E-state index in [1.807, 2.05) is 39.0 Å². The van der Waals surface area contributed by atoms with Crippen LogP contribution in [0.3, 0.4) is 0 Å². The van der Waals surface area contributed by atoms with Gasteiger partial charge in [0, 0.05) is 18.9 Å². The molecule has 0 saturated heterocycles. The number of ether oxygens (including phenoxy) is 1. The number of aryl methyl sites for hydroxylation is 2. The molecule has 0 fully saturated rings. The molecule has 2 rings (SSSR count). The predicted molar refractivity (Wildman–Crippen MR) is 100 cm³/mol. The van der Waals surface area contributed by atoms with Crippen molar-refractivity contribution in [2.45, 2.75) is 44.2 Å². The molecule has 0 aliphatic rings. The molecular weight excluding hydrogens is 338 g/mol. The number of rotatable bonds is 7. The highest BCUT2D eigenvalue weighted by Gasteiger charge is 2.20. The van der Waals surface area contributed by atoms with Crippen molar-refractivity contribution in [3.63, 3.8) is 0 Å². The van der Waals surface area contributed by atoms with Crippen molar-refractivity contribution in [3.05, 3.63) is 51.4 Å². The number of carbonyl (C=O) groups excluding carboxylic acids is 1. The van der Waals surface area contributed by atoms with Gasteiger partial charge in [-0.25, -0.2) is 4.98 Å². The highest BCUT2D eigenvalue weighted by Crippen LogP contribution is 2.23. The van der Waals surface area contributed by atoms with Crippen LogP contribution in [0.15, 0.2) is 34.2 Å². The highest BCUT2D eigenvalue weighted by molar-refractivity contribution is 8.00. The predicted octanol–water partition coefficient (Wildman–Crippen LogP) is 3.04. The van der Waals surface area contributed by atoms with Crippen molar-refractivity contribution in [2.75, 3.05) is 12.4 Å². The second-order valence-electron chi connectivity index (χ2n) is 5.78. The average molecular weight is 361 g/mol. The molecule has 1 heterocycles. The van der Waals surface area contributed by atoms with E-state index in [9.17, 15) is 9.59 Å². The molecule has 2 N–H and O–H groups in total. The third kappa shape index (κ3) is 5.44. The largest absolute Gasteiger partial charge is 0.378 e. The summed E-state index contributed by atoms with van der Waals surface area (Å²) in [4.78, 5) is 31.3. The molecule has 1 unspecified atom stereocenters. The number of aromatic nitrogens is 2. The number of H-pyrrole nitrogens is 1. The van der Waals surface area contributed by atoms with Gasteiger partial charge in [0.25, 0.3) is 5.56 Å². The molecule has 1 amide bonds. The molecule has 0 bridgehead atoms. The van der Waals surface area contributed by atoms with Crippen molar-refractivity contribution in [2.24, 2.45) is 0 Å². The van der Waals surface area contributed by atoms with E-state index in [-0.39, 0.29) is 23.3 Å². The van der Waals surface area contributed by atoms with Gasteiger partial charge in [-0.15, -0.1) is 0 Å². The Bertz CT molecular complexity index is 804. The van der Waals surface area contributed by atoms with Gasteiger partial charge in [0.05, 0.1) is 17.6 Å². The van der Waals surface area contributed by atoms with Crippen molar-refractivity contribution in [1.82, 2.24) is 9.97 Å². The summed E-state index contributed by atoms with van der Waals surface area (Å²) in [6, 6.07) is 7.21. The summed E-state index contributed by atoms with van der Waals surface area (Å²) in [5.41, 5.74) is 3.35. The van der Waals surface area contributed by atoms with Gasteiger partial charge in [-0.1, -0.05) is 24.8 Å². The maximum absolute atomic E-state index is 12.6. The number of hydrogen-bond donors (Lipinski definition) is 2. The van der Waals surface area contributed by atoms with Crippen molar-refractivity contribution in [3.8, 4) is 0 Å². The lowest BCUT2D eigenvalue weighted by Crippen LogP contribution is -2.25. The number of thioether (sulfide) groups is 1. The van der Waals surface area contributed by atoms with E-state index in [1.54, 1.807) is 7.11 Å². The van der Waals surface area contributed by atoms with Crippen molar-refractivity contribution < 1.29 is 9.53 Å². The number of carbonyl (C=O) groups is 1. The second-order valence-corrected chi connectivity index (χ2v) is 6.97. The quantitative estimate of drug-likeness (QED) is 0.585. The third-order valence-corrected chi connectivity index (χ3v) is 5.01. The number of nitrogens with zero attached hydrogens (tertiary/aromatic N) is 1. The Balaban J connectivity index is 2.12. The van der Waals surface area contributed by atoms with Crippen molar-refractivity contribution >= 4 is 23.4 Å². The van der Waals surface area contributed by atoms with Crippen LogP contribution in [0.2, 0.25) is 0 Å². The fourth-order valence-corrected chi connectivity index (χ4v) is 3.19. The van der Waals surface area contributed by atoms with Gasteiger partial charge < -0.3 is 15.0 Å². The Hall–Kier alpha value is -2.12. The normalized spacial score (nSPS) is 12.0. The first-order valence-electron chi connectivity index (χ1n) is 8.07. The molecule has 0 radical (unpaired) electrons. The lowest BCUT2D eigenvalue weighted by Gasteiger charge is -2.15. The van der Waals surface area contributed by atoms with E-state index in [1.165, 1.54) is 23.4 Å². The summed E-state index contributed by atoms with van der Waals surface area (Å²) in [6.07, 6.45) is 0.611. The van der Waals surface area contributed by atoms with Crippen LogP contribution in [-0.4, -0.2) is 28.2 Å². The maximum atomic E-state index is 12.6. The van der Waals surface area contributed by atoms with Crippen LogP contribution in [0, 0.1) is 13.8 Å². The lowest BCUT2D eigenvalue weighted by molar-refractivity contribution is -0.115. The molecule has 25 heavy (non-hydrogen) atoms. The van der Waals surface area contributed by atoms with Gasteiger partial charge in [-0.05, 0) is 43.5 Å². The highest BCUT2D eigenvalue weighted by atomic mass is 32.2. The first kappa shape index (κ1) is 19.2. The summed E-state index contributed by atoms with van der Waals surface area (Å²) < 4.78 is 5.01. The summed E-state index contributed by atoms with van der Waals surface area (Å²) in [6.45, 7) is 6.21. The zero-order valence-electron chi connectivity index (χ0n) is 14.9. The summed E-state index contributed by atoms with van der Waals surface area (Å²) >= 11 is 1.24. The summed E-state index contributed by atoms with van der Waals surface area (Å²) in [5, 5.41) is 2.99. The molecule has 1 atom stereocenters. The van der Waals surface area contributed by atoms with Crippen LogP contribution in [0.1, 0.15) is 30.2 Å². The van der Waals surface area contributed by atoms with Crippen LogP contribution in [0.5, 0.6) is 0 Å². The van der Waals surface area contributed by atoms with Crippen LogP contribution in [0.4, 0.5) is 5.69 Å². The number of methoxy groups -OCH3 is 1. The number of benzene rings is 1. The Morgan fingerprint density at radius 2 is 2.08 bits per heavy atom. The van der Waals surface area contributed by atoms with Gasteiger partial charge in [-0.2, -0.15) is 0 Å². The van der Waals surface area contributed by atoms with Gasteiger partial charge >= 0.3 is 0 Å². The van der Waals surface area contributed by atoms with Crippen LogP contribution < -0.4 is 10.9 Å². The lowest BCUT2D eigenvalue weighted by atomic mass is 10.1. The molecule has 6 nitrogen and oxygen atoms in total. The van der Waals surface area contributed by atoms with E-state index in [0.717, 1.165) is 11.3 Å². The van der Waals surface area contributed by atoms with E-state index in [0.29, 0.717) is 17.3 Å². The second kappa shape index (κ2) is 8.82. The van der Waals surface area contributed by atoms with Gasteiger partial charge in [0.15, 0.2) is 5.16 Å². The Morgan fingerprint density at radius 1 is 1.32 bits per heavy atom. The number of hydrogen-bond acceptors (Lipinski definition) is 5. The first-order valence-corrected chi connectivity index (χ1v) is 8.94. The average Bonchev–Trinajstić information content (AvgIpc) is 2.55. The number of anilines is 1. The zero-order chi connectivity index (χ0) is 18.4. The Kier molecular flexibility index (Phi) is 6.78. The molecule has 1 aromatic heterocycles. The smallest absolute Gasteiger partial charge is 0.251 e. The van der Waals surface area contributed by atoms with Crippen LogP contribution in [-0.2, 0) is 16.1 Å². The molecular formula is C18H23N3O3S. The van der Waals surface area contributed by atoms with Crippen molar-refractivity contribution in [1.29, 1.82) is 0 Å². The van der Waals surface area contributed by atoms with Crippen LogP contribution in [0.25, 0.3) is 0 Å². The third-order valence-electron chi connectivity index (χ3n) is 3.76. The minimum absolute atomic E-state index is 0.115. The van der Waals surface area contributed by atoms with E-state index >= 15 is 0 Å². The van der Waals surface area contributed by atoms with Crippen LogP contribution >= 0.6 is 11.8 Å². The van der Waals surface area contributed by atoms with Gasteiger partial charge in [0.1, 0.15) is 0 Å². The molecule has 0 aliphatic heterocycles.